The Balaban J connectivity index is 1.50. The van der Waals surface area contributed by atoms with Gasteiger partial charge in [0.25, 0.3) is 5.91 Å². The average molecular weight is 670 g/mol. The van der Waals surface area contributed by atoms with E-state index in [-0.39, 0.29) is 37.3 Å². The highest BCUT2D eigenvalue weighted by molar-refractivity contribution is 6.06. The maximum Gasteiger partial charge on any atom is 0.313 e. The second-order valence-electron chi connectivity index (χ2n) is 14.0. The number of carbonyl (C=O) groups excluding carboxylic acids is 4. The number of carbonyl (C=O) groups is 4. The lowest BCUT2D eigenvalue weighted by atomic mass is 9.74. The van der Waals surface area contributed by atoms with Crippen LogP contribution in [0.5, 0.6) is 0 Å². The summed E-state index contributed by atoms with van der Waals surface area (Å²) in [7, 11) is 0. The molecule has 2 saturated heterocycles. The summed E-state index contributed by atoms with van der Waals surface area (Å²) in [4.78, 5) is 60.6. The number of anilines is 1. The second-order valence-corrected chi connectivity index (χ2v) is 14.0. The van der Waals surface area contributed by atoms with Crippen molar-refractivity contribution in [3.8, 4) is 0 Å². The number of rotatable bonds is 6. The first-order valence-electron chi connectivity index (χ1n) is 17.4. The van der Waals surface area contributed by atoms with Crippen molar-refractivity contribution < 1.29 is 33.8 Å². The fourth-order valence-corrected chi connectivity index (χ4v) is 8.01. The molecular formula is C39H47N3O7. The Morgan fingerprint density at radius 1 is 1.04 bits per heavy atom. The highest BCUT2D eigenvalue weighted by Gasteiger charge is 2.74. The Bertz CT molecular complexity index is 1660. The molecule has 6 rings (SSSR count). The molecular weight excluding hydrogens is 622 g/mol. The van der Waals surface area contributed by atoms with Crippen LogP contribution >= 0.6 is 0 Å². The molecule has 0 radical (unpaired) electrons. The molecule has 2 aromatic carbocycles. The molecule has 2 N–H and O–H groups in total. The highest BCUT2D eigenvalue weighted by Crippen LogP contribution is 2.57. The number of aryl methyl sites for hydroxylation is 2. The minimum atomic E-state index is -1.45. The van der Waals surface area contributed by atoms with Crippen LogP contribution in [0.15, 0.2) is 72.8 Å². The number of likely N-dealkylation sites (tertiary alicyclic amines) is 1. The molecule has 9 atom stereocenters. The van der Waals surface area contributed by atoms with Gasteiger partial charge in [-0.1, -0.05) is 87.0 Å². The predicted molar refractivity (Wildman–Crippen MR) is 184 cm³/mol. The zero-order valence-electron chi connectivity index (χ0n) is 28.9. The van der Waals surface area contributed by atoms with Gasteiger partial charge in [0.1, 0.15) is 23.7 Å². The summed E-state index contributed by atoms with van der Waals surface area (Å²) in [6, 6.07) is 12.7. The maximum atomic E-state index is 15.2. The lowest BCUT2D eigenvalue weighted by Gasteiger charge is -2.40. The quantitative estimate of drug-likeness (QED) is 0.347. The number of aliphatic hydroxyl groups is 1. The van der Waals surface area contributed by atoms with Gasteiger partial charge in [0.05, 0.1) is 30.7 Å². The van der Waals surface area contributed by atoms with Crippen LogP contribution in [0.3, 0.4) is 0 Å². The van der Waals surface area contributed by atoms with Crippen LogP contribution in [0, 0.1) is 31.6 Å². The molecule has 4 aliphatic rings. The number of hydrogen-bond donors (Lipinski definition) is 2. The molecule has 0 saturated carbocycles. The van der Waals surface area contributed by atoms with E-state index in [0.29, 0.717) is 24.1 Å². The van der Waals surface area contributed by atoms with E-state index >= 15 is 4.79 Å². The van der Waals surface area contributed by atoms with Gasteiger partial charge in [0.15, 0.2) is 0 Å². The summed E-state index contributed by atoms with van der Waals surface area (Å²) in [5.41, 5.74) is 1.78. The van der Waals surface area contributed by atoms with E-state index in [1.165, 1.54) is 4.90 Å². The standard InChI is InChI=1S/C39H47N3O7/c1-6-24(3)29(22-43)42-35-37(46)41(28-21-23(2)16-17-25(28)4)20-12-8-11-15-31(44)40-26(5)34(27-13-9-7-10-14-27)48-38(47)32-30-18-19-39(35,49-30)33(32)36(42)45/h7-10,12-14,16-19,21,24,26,29-30,32-35,43H,6,11,15,20,22H2,1-5H3,(H,40,44)/b12-8-/t24-,26-,29-,30+,32-,33-,34+,35+,39-/m0/s1. The van der Waals surface area contributed by atoms with Gasteiger partial charge in [0.2, 0.25) is 11.8 Å². The van der Waals surface area contributed by atoms with Crippen molar-refractivity contribution in [2.24, 2.45) is 17.8 Å². The van der Waals surface area contributed by atoms with E-state index in [0.717, 1.165) is 11.1 Å². The number of hydrogen-bond acceptors (Lipinski definition) is 7. The number of ether oxygens (including phenoxy) is 2. The van der Waals surface area contributed by atoms with E-state index in [9.17, 15) is 19.5 Å². The Morgan fingerprint density at radius 2 is 1.80 bits per heavy atom. The van der Waals surface area contributed by atoms with Gasteiger partial charge in [-0.2, -0.15) is 0 Å². The molecule has 0 unspecified atom stereocenters. The Morgan fingerprint density at radius 3 is 2.51 bits per heavy atom. The van der Waals surface area contributed by atoms with E-state index in [4.69, 9.17) is 9.47 Å². The van der Waals surface area contributed by atoms with Crippen LogP contribution in [0.4, 0.5) is 5.69 Å². The molecule has 0 aliphatic carbocycles. The van der Waals surface area contributed by atoms with Crippen molar-refractivity contribution in [3.05, 3.63) is 89.5 Å². The first kappa shape index (κ1) is 34.6. The number of fused-ring (bicyclic) bond motifs is 2. The molecule has 10 nitrogen and oxygen atoms in total. The Hall–Kier alpha value is -4.28. The van der Waals surface area contributed by atoms with Gasteiger partial charge in [0, 0.05) is 18.7 Å². The van der Waals surface area contributed by atoms with Crippen molar-refractivity contribution in [1.82, 2.24) is 10.2 Å². The monoisotopic (exact) mass is 669 g/mol. The Kier molecular flexibility index (Phi) is 9.82. The normalized spacial score (nSPS) is 32.1. The van der Waals surface area contributed by atoms with Crippen LogP contribution in [-0.2, 0) is 28.7 Å². The molecule has 2 fully saturated rings. The molecule has 2 aromatic rings. The third kappa shape index (κ3) is 6.10. The molecule has 0 aromatic heterocycles. The van der Waals surface area contributed by atoms with E-state index in [1.807, 2.05) is 88.4 Å². The number of amides is 3. The lowest BCUT2D eigenvalue weighted by Crippen LogP contribution is -2.59. The molecule has 4 heterocycles. The number of nitrogens with zero attached hydrogens (tertiary/aromatic N) is 2. The van der Waals surface area contributed by atoms with Crippen LogP contribution in [0.25, 0.3) is 0 Å². The summed E-state index contributed by atoms with van der Waals surface area (Å²) in [5, 5.41) is 13.8. The number of cyclic esters (lactones) is 1. The van der Waals surface area contributed by atoms with Gasteiger partial charge < -0.3 is 29.7 Å². The largest absolute Gasteiger partial charge is 0.455 e. The van der Waals surface area contributed by atoms with Crippen LogP contribution in [-0.4, -0.2) is 76.7 Å². The molecule has 1 spiro atoms. The number of allylic oxidation sites excluding steroid dienone is 1. The fourth-order valence-electron chi connectivity index (χ4n) is 8.01. The third-order valence-corrected chi connectivity index (χ3v) is 10.8. The second kappa shape index (κ2) is 13.9. The summed E-state index contributed by atoms with van der Waals surface area (Å²) < 4.78 is 12.9. The van der Waals surface area contributed by atoms with E-state index < -0.39 is 59.6 Å². The smallest absolute Gasteiger partial charge is 0.313 e. The zero-order valence-corrected chi connectivity index (χ0v) is 28.9. The first-order valence-corrected chi connectivity index (χ1v) is 17.4. The Labute approximate surface area is 288 Å². The summed E-state index contributed by atoms with van der Waals surface area (Å²) in [6.45, 7) is 9.44. The lowest BCUT2D eigenvalue weighted by molar-refractivity contribution is -0.161. The molecule has 4 aliphatic heterocycles. The zero-order chi connectivity index (χ0) is 35.0. The van der Waals surface area contributed by atoms with Crippen molar-refractivity contribution >= 4 is 29.4 Å². The fraction of sp³-hybridized carbons (Fsp3) is 0.487. The molecule has 260 valence electrons. The third-order valence-electron chi connectivity index (χ3n) is 10.8. The van der Waals surface area contributed by atoms with Crippen molar-refractivity contribution in [1.29, 1.82) is 0 Å². The molecule has 49 heavy (non-hydrogen) atoms. The van der Waals surface area contributed by atoms with Crippen molar-refractivity contribution in [2.45, 2.75) is 89.8 Å². The summed E-state index contributed by atoms with van der Waals surface area (Å²) in [5.74, 6) is -3.85. The van der Waals surface area contributed by atoms with Gasteiger partial charge in [-0.05, 0) is 55.9 Å². The van der Waals surface area contributed by atoms with E-state index in [1.54, 1.807) is 24.0 Å². The first-order chi connectivity index (χ1) is 23.5. The predicted octanol–water partition coefficient (Wildman–Crippen LogP) is 4.33. The number of benzene rings is 2. The number of esters is 1. The minimum absolute atomic E-state index is 0.148. The van der Waals surface area contributed by atoms with Crippen molar-refractivity contribution in [2.75, 3.05) is 18.1 Å². The maximum absolute atomic E-state index is 15.2. The van der Waals surface area contributed by atoms with Crippen LogP contribution in [0.2, 0.25) is 0 Å². The molecule has 10 heteroatoms. The topological polar surface area (TPSA) is 125 Å². The van der Waals surface area contributed by atoms with Gasteiger partial charge in [-0.3, -0.25) is 19.2 Å². The van der Waals surface area contributed by atoms with Crippen LogP contribution < -0.4 is 10.2 Å². The van der Waals surface area contributed by atoms with Crippen LogP contribution in [0.1, 0.15) is 62.8 Å². The number of nitrogens with one attached hydrogen (secondary N) is 1. The van der Waals surface area contributed by atoms with Gasteiger partial charge in [-0.15, -0.1) is 0 Å². The SMILES string of the molecule is CC[C@H](C)[C@H](CO)N1C(=O)[C@@H]2[C@H]3C(=O)O[C@@H](c4ccccc4)[C@H](C)NC(=O)CC/C=C\CN(c4cc(C)ccc4C)C(=O)[C@@H]1[C@]21C=C[C@H]3O1. The number of aliphatic hydroxyl groups excluding tert-OH is 1. The summed E-state index contributed by atoms with van der Waals surface area (Å²) in [6.07, 6.45) is 6.96. The average Bonchev–Trinajstić information content (AvgIpc) is 3.74. The molecule has 5 bridgehead atoms. The van der Waals surface area contributed by atoms with Gasteiger partial charge in [-0.25, -0.2) is 0 Å². The summed E-state index contributed by atoms with van der Waals surface area (Å²) >= 11 is 0. The minimum Gasteiger partial charge on any atom is -0.455 e. The molecule has 3 amide bonds. The van der Waals surface area contributed by atoms with Crippen molar-refractivity contribution in [3.63, 3.8) is 0 Å². The van der Waals surface area contributed by atoms with E-state index in [2.05, 4.69) is 5.32 Å². The van der Waals surface area contributed by atoms with Gasteiger partial charge >= 0.3 is 5.97 Å². The highest BCUT2D eigenvalue weighted by atomic mass is 16.6.